The average molecular weight is 253 g/mol. The van der Waals surface area contributed by atoms with Crippen LogP contribution in [0.3, 0.4) is 0 Å². The van der Waals surface area contributed by atoms with Gasteiger partial charge in [-0.25, -0.2) is 4.39 Å². The molecule has 0 bridgehead atoms. The quantitative estimate of drug-likeness (QED) is 0.715. The third-order valence-corrected chi connectivity index (χ3v) is 3.17. The Labute approximate surface area is 110 Å². The number of aryl methyl sites for hydroxylation is 1. The number of nitrogens with one attached hydrogen (secondary N) is 1. The van der Waals surface area contributed by atoms with Crippen LogP contribution in [-0.2, 0) is 4.74 Å². The van der Waals surface area contributed by atoms with E-state index in [-0.39, 0.29) is 11.9 Å². The molecule has 0 fully saturated rings. The maximum absolute atomic E-state index is 13.4. The van der Waals surface area contributed by atoms with Gasteiger partial charge >= 0.3 is 0 Å². The Bertz CT molecular complexity index is 354. The molecule has 0 radical (unpaired) electrons. The van der Waals surface area contributed by atoms with Crippen molar-refractivity contribution < 1.29 is 9.13 Å². The van der Waals surface area contributed by atoms with E-state index in [0.717, 1.165) is 38.0 Å². The predicted molar refractivity (Wildman–Crippen MR) is 73.3 cm³/mol. The number of methoxy groups -OCH3 is 1. The molecule has 0 aliphatic carbocycles. The lowest BCUT2D eigenvalue weighted by molar-refractivity contribution is 0.192. The van der Waals surface area contributed by atoms with Gasteiger partial charge in [0, 0.05) is 19.8 Å². The maximum Gasteiger partial charge on any atom is 0.126 e. The maximum atomic E-state index is 13.4. The zero-order valence-corrected chi connectivity index (χ0v) is 11.6. The molecule has 18 heavy (non-hydrogen) atoms. The molecule has 2 nitrogen and oxygen atoms in total. The molecule has 1 aromatic rings. The highest BCUT2D eigenvalue weighted by Gasteiger charge is 2.06. The van der Waals surface area contributed by atoms with E-state index in [2.05, 4.69) is 12.2 Å². The number of ether oxygens (including phenoxy) is 1. The van der Waals surface area contributed by atoms with Gasteiger partial charge in [0.25, 0.3) is 0 Å². The first-order valence-electron chi connectivity index (χ1n) is 6.63. The van der Waals surface area contributed by atoms with Crippen molar-refractivity contribution in [2.24, 2.45) is 0 Å². The number of rotatable bonds is 8. The largest absolute Gasteiger partial charge is 0.385 e. The minimum Gasteiger partial charge on any atom is -0.385 e. The second-order valence-electron chi connectivity index (χ2n) is 4.74. The van der Waals surface area contributed by atoms with Gasteiger partial charge in [0.15, 0.2) is 0 Å². The molecule has 102 valence electrons. The van der Waals surface area contributed by atoms with Crippen molar-refractivity contribution in [3.63, 3.8) is 0 Å². The van der Waals surface area contributed by atoms with Crippen LogP contribution in [0.25, 0.3) is 0 Å². The van der Waals surface area contributed by atoms with Gasteiger partial charge in [0.05, 0.1) is 0 Å². The molecule has 0 saturated heterocycles. The molecule has 1 unspecified atom stereocenters. The Morgan fingerprint density at radius 1 is 1.28 bits per heavy atom. The molecule has 1 atom stereocenters. The summed E-state index contributed by atoms with van der Waals surface area (Å²) >= 11 is 0. The molecule has 1 aromatic carbocycles. The first-order chi connectivity index (χ1) is 8.65. The van der Waals surface area contributed by atoms with Crippen LogP contribution < -0.4 is 5.32 Å². The molecule has 1 rings (SSSR count). The van der Waals surface area contributed by atoms with Gasteiger partial charge in [-0.15, -0.1) is 0 Å². The number of hydrogen-bond acceptors (Lipinski definition) is 2. The van der Waals surface area contributed by atoms with E-state index in [1.807, 2.05) is 12.1 Å². The van der Waals surface area contributed by atoms with Crippen molar-refractivity contribution >= 4 is 0 Å². The Kier molecular flexibility index (Phi) is 6.91. The van der Waals surface area contributed by atoms with Gasteiger partial charge in [0.1, 0.15) is 5.82 Å². The van der Waals surface area contributed by atoms with Gasteiger partial charge in [-0.1, -0.05) is 12.1 Å². The summed E-state index contributed by atoms with van der Waals surface area (Å²) in [6.07, 6.45) is 3.39. The smallest absolute Gasteiger partial charge is 0.126 e. The first-order valence-corrected chi connectivity index (χ1v) is 6.63. The summed E-state index contributed by atoms with van der Waals surface area (Å²) < 4.78 is 18.4. The summed E-state index contributed by atoms with van der Waals surface area (Å²) in [5.74, 6) is -0.124. The number of benzene rings is 1. The molecule has 0 aromatic heterocycles. The molecule has 3 heteroatoms. The molecule has 0 heterocycles. The Balaban J connectivity index is 2.27. The summed E-state index contributed by atoms with van der Waals surface area (Å²) in [4.78, 5) is 0. The second-order valence-corrected chi connectivity index (χ2v) is 4.74. The topological polar surface area (TPSA) is 21.3 Å². The van der Waals surface area contributed by atoms with Gasteiger partial charge < -0.3 is 10.1 Å². The first kappa shape index (κ1) is 15.1. The minimum absolute atomic E-state index is 0.124. The van der Waals surface area contributed by atoms with Crippen LogP contribution in [-0.4, -0.2) is 20.3 Å². The lowest BCUT2D eigenvalue weighted by Gasteiger charge is -2.14. The highest BCUT2D eigenvalue weighted by atomic mass is 19.1. The number of hydrogen-bond donors (Lipinski definition) is 1. The van der Waals surface area contributed by atoms with E-state index in [4.69, 9.17) is 4.74 Å². The summed E-state index contributed by atoms with van der Waals surface area (Å²) in [5, 5.41) is 3.42. The van der Waals surface area contributed by atoms with Gasteiger partial charge in [-0.3, -0.25) is 0 Å². The molecule has 0 saturated carbocycles. The van der Waals surface area contributed by atoms with Crippen molar-refractivity contribution in [1.29, 1.82) is 0 Å². The van der Waals surface area contributed by atoms with Crippen LogP contribution in [0.4, 0.5) is 4.39 Å². The van der Waals surface area contributed by atoms with Gasteiger partial charge in [0.2, 0.25) is 0 Å². The molecule has 0 spiro atoms. The fourth-order valence-electron chi connectivity index (χ4n) is 1.86. The van der Waals surface area contributed by atoms with E-state index >= 15 is 0 Å². The molecule has 0 aliphatic heterocycles. The Morgan fingerprint density at radius 3 is 2.72 bits per heavy atom. The fraction of sp³-hybridized carbons (Fsp3) is 0.600. The van der Waals surface area contributed by atoms with Crippen molar-refractivity contribution in [3.8, 4) is 0 Å². The van der Waals surface area contributed by atoms with Crippen LogP contribution in [0, 0.1) is 12.7 Å². The summed E-state index contributed by atoms with van der Waals surface area (Å²) in [6.45, 7) is 5.64. The van der Waals surface area contributed by atoms with E-state index in [9.17, 15) is 4.39 Å². The zero-order valence-electron chi connectivity index (χ0n) is 11.6. The molecule has 0 amide bonds. The van der Waals surface area contributed by atoms with Crippen molar-refractivity contribution in [3.05, 3.63) is 35.1 Å². The van der Waals surface area contributed by atoms with Crippen LogP contribution >= 0.6 is 0 Å². The van der Waals surface area contributed by atoms with E-state index in [0.29, 0.717) is 5.56 Å². The fourth-order valence-corrected chi connectivity index (χ4v) is 1.86. The van der Waals surface area contributed by atoms with Crippen molar-refractivity contribution in [1.82, 2.24) is 5.32 Å². The van der Waals surface area contributed by atoms with E-state index in [1.54, 1.807) is 20.1 Å². The van der Waals surface area contributed by atoms with Crippen LogP contribution in [0.15, 0.2) is 18.2 Å². The highest BCUT2D eigenvalue weighted by molar-refractivity contribution is 5.25. The summed E-state index contributed by atoms with van der Waals surface area (Å²) in [6, 6.07) is 5.64. The number of halogens is 1. The summed E-state index contributed by atoms with van der Waals surface area (Å²) in [7, 11) is 1.73. The highest BCUT2D eigenvalue weighted by Crippen LogP contribution is 2.16. The van der Waals surface area contributed by atoms with Crippen LogP contribution in [0.5, 0.6) is 0 Å². The molecule has 1 N–H and O–H groups in total. The average Bonchev–Trinajstić information content (AvgIpc) is 2.36. The molecule has 0 aliphatic rings. The zero-order chi connectivity index (χ0) is 13.4. The Morgan fingerprint density at radius 2 is 2.06 bits per heavy atom. The molecular weight excluding hydrogens is 229 g/mol. The van der Waals surface area contributed by atoms with E-state index in [1.165, 1.54) is 0 Å². The van der Waals surface area contributed by atoms with Crippen molar-refractivity contribution in [2.75, 3.05) is 20.3 Å². The normalized spacial score (nSPS) is 12.7. The van der Waals surface area contributed by atoms with Crippen LogP contribution in [0.2, 0.25) is 0 Å². The number of unbranched alkanes of at least 4 members (excludes halogenated alkanes) is 2. The Hall–Kier alpha value is -0.930. The lowest BCUT2D eigenvalue weighted by atomic mass is 10.1. The van der Waals surface area contributed by atoms with Gasteiger partial charge in [-0.05, 0) is 56.8 Å². The van der Waals surface area contributed by atoms with Crippen molar-refractivity contribution in [2.45, 2.75) is 39.2 Å². The standard InChI is InChI=1S/C15H24FNO/c1-12-7-8-14(11-15(12)16)13(2)17-9-5-4-6-10-18-3/h7-8,11,13,17H,4-6,9-10H2,1-3H3. The second kappa shape index (κ2) is 8.22. The van der Waals surface area contributed by atoms with Gasteiger partial charge in [-0.2, -0.15) is 0 Å². The SMILES string of the molecule is COCCCCCNC(C)c1ccc(C)c(F)c1. The van der Waals surface area contributed by atoms with Crippen LogP contribution in [0.1, 0.15) is 43.4 Å². The monoisotopic (exact) mass is 253 g/mol. The molecular formula is C15H24FNO. The third-order valence-electron chi connectivity index (χ3n) is 3.17. The third kappa shape index (κ3) is 5.15. The lowest BCUT2D eigenvalue weighted by Crippen LogP contribution is -2.20. The minimum atomic E-state index is -0.124. The predicted octanol–water partition coefficient (Wildman–Crippen LogP) is 3.60. The van der Waals surface area contributed by atoms with E-state index < -0.39 is 0 Å². The summed E-state index contributed by atoms with van der Waals surface area (Å²) in [5.41, 5.74) is 1.71.